The molecule has 0 saturated carbocycles. The Morgan fingerprint density at radius 3 is 2.59 bits per heavy atom. The molecule has 1 aromatic heterocycles. The second-order valence-electron chi connectivity index (χ2n) is 5.64. The molecule has 2 aromatic rings. The summed E-state index contributed by atoms with van der Waals surface area (Å²) in [5.41, 5.74) is 0.471. The molecule has 1 aromatic carbocycles. The van der Waals surface area contributed by atoms with Gasteiger partial charge in [-0.05, 0) is 31.5 Å². The van der Waals surface area contributed by atoms with E-state index in [1.54, 1.807) is 38.1 Å². The van der Waals surface area contributed by atoms with Crippen molar-refractivity contribution in [1.29, 1.82) is 0 Å². The molecule has 29 heavy (non-hydrogen) atoms. The van der Waals surface area contributed by atoms with Crippen molar-refractivity contribution in [3.8, 4) is 5.75 Å². The summed E-state index contributed by atoms with van der Waals surface area (Å²) in [5, 5.41) is 3.14. The molecule has 7 nitrogen and oxygen atoms in total. The Hall–Kier alpha value is -2.84. The first kappa shape index (κ1) is 22.4. The summed E-state index contributed by atoms with van der Waals surface area (Å²) >= 11 is 6.92. The molecule has 0 atom stereocenters. The molecule has 0 bridgehead atoms. The number of anilines is 1. The van der Waals surface area contributed by atoms with Gasteiger partial charge in [-0.2, -0.15) is 0 Å². The summed E-state index contributed by atoms with van der Waals surface area (Å²) in [6.07, 6.45) is 1.43. The maximum absolute atomic E-state index is 12.4. The van der Waals surface area contributed by atoms with Crippen molar-refractivity contribution < 1.29 is 28.6 Å². The lowest BCUT2D eigenvalue weighted by Gasteiger charge is -2.09. The minimum absolute atomic E-state index is 0.0261. The highest BCUT2D eigenvalue weighted by Crippen LogP contribution is 2.34. The van der Waals surface area contributed by atoms with Crippen LogP contribution < -0.4 is 10.1 Å². The molecule has 0 saturated heterocycles. The Morgan fingerprint density at radius 1 is 1.21 bits per heavy atom. The molecule has 0 spiro atoms. The molecule has 1 heterocycles. The van der Waals surface area contributed by atoms with Gasteiger partial charge in [0.05, 0.1) is 17.2 Å². The highest BCUT2D eigenvalue weighted by molar-refractivity contribution is 7.18. The third kappa shape index (κ3) is 5.82. The smallest absolute Gasteiger partial charge is 0.348 e. The number of esters is 2. The quantitative estimate of drug-likeness (QED) is 0.466. The SMILES string of the molecule is C=CCOC(=O)c1sc(NC(=O)COc2ccccc2Cl)c(C(=O)OCC)c1C. The van der Waals surface area contributed by atoms with Crippen LogP contribution in [0.5, 0.6) is 5.75 Å². The third-order valence-corrected chi connectivity index (χ3v) is 5.09. The highest BCUT2D eigenvalue weighted by Gasteiger charge is 2.27. The fourth-order valence-electron chi connectivity index (χ4n) is 2.31. The predicted octanol–water partition coefficient (Wildman–Crippen LogP) is 4.25. The van der Waals surface area contributed by atoms with Gasteiger partial charge in [0.1, 0.15) is 22.2 Å². The van der Waals surface area contributed by atoms with Gasteiger partial charge in [0, 0.05) is 0 Å². The van der Waals surface area contributed by atoms with Crippen molar-refractivity contribution in [3.63, 3.8) is 0 Å². The number of para-hydroxylation sites is 1. The Labute approximate surface area is 177 Å². The Kier molecular flexibility index (Phi) is 8.23. The molecule has 0 fully saturated rings. The van der Waals surface area contributed by atoms with Crippen LogP contribution in [0.2, 0.25) is 5.02 Å². The number of ether oxygens (including phenoxy) is 3. The molecule has 1 N–H and O–H groups in total. The van der Waals surface area contributed by atoms with Gasteiger partial charge in [0.2, 0.25) is 0 Å². The van der Waals surface area contributed by atoms with Crippen LogP contribution in [0.3, 0.4) is 0 Å². The molecule has 0 radical (unpaired) electrons. The van der Waals surface area contributed by atoms with E-state index in [0.717, 1.165) is 11.3 Å². The molecule has 0 aliphatic rings. The molecule has 0 unspecified atom stereocenters. The summed E-state index contributed by atoms with van der Waals surface area (Å²) in [5.74, 6) is -1.44. The lowest BCUT2D eigenvalue weighted by Crippen LogP contribution is -2.21. The number of carbonyl (C=O) groups is 3. The molecule has 154 valence electrons. The standard InChI is InChI=1S/C20H20ClNO6S/c1-4-10-27-20(25)17-12(3)16(19(24)26-5-2)18(29-17)22-15(23)11-28-14-9-7-6-8-13(14)21/h4,6-9H,1,5,10-11H2,2-3H3,(H,22,23). The van der Waals surface area contributed by atoms with E-state index >= 15 is 0 Å². The van der Waals surface area contributed by atoms with E-state index in [0.29, 0.717) is 16.3 Å². The number of halogens is 1. The normalized spacial score (nSPS) is 10.2. The largest absolute Gasteiger partial charge is 0.482 e. The van der Waals surface area contributed by atoms with E-state index in [-0.39, 0.29) is 35.3 Å². The van der Waals surface area contributed by atoms with Crippen LogP contribution in [0.4, 0.5) is 5.00 Å². The Balaban J connectivity index is 2.21. The second-order valence-corrected chi connectivity index (χ2v) is 7.06. The van der Waals surface area contributed by atoms with Crippen LogP contribution in [0.15, 0.2) is 36.9 Å². The monoisotopic (exact) mass is 437 g/mol. The average molecular weight is 438 g/mol. The Bertz CT molecular complexity index is 924. The summed E-state index contributed by atoms with van der Waals surface area (Å²) < 4.78 is 15.5. The van der Waals surface area contributed by atoms with Crippen molar-refractivity contribution in [2.45, 2.75) is 13.8 Å². The number of thiophene rings is 1. The highest BCUT2D eigenvalue weighted by atomic mass is 35.5. The molecular formula is C20H20ClNO6S. The number of rotatable bonds is 9. The van der Waals surface area contributed by atoms with E-state index in [1.807, 2.05) is 0 Å². The van der Waals surface area contributed by atoms with Gasteiger partial charge < -0.3 is 19.5 Å². The summed E-state index contributed by atoms with van der Waals surface area (Å²) in [4.78, 5) is 37.1. The molecule has 2 rings (SSSR count). The first-order valence-corrected chi connectivity index (χ1v) is 9.84. The number of nitrogens with one attached hydrogen (secondary N) is 1. The van der Waals surface area contributed by atoms with Gasteiger partial charge in [-0.3, -0.25) is 4.79 Å². The van der Waals surface area contributed by atoms with Crippen LogP contribution in [-0.4, -0.2) is 37.7 Å². The number of carbonyl (C=O) groups excluding carboxylic acids is 3. The minimum atomic E-state index is -0.647. The number of hydrogen-bond donors (Lipinski definition) is 1. The van der Waals surface area contributed by atoms with Gasteiger partial charge in [0.25, 0.3) is 5.91 Å². The molecule has 0 aliphatic carbocycles. The van der Waals surface area contributed by atoms with Crippen LogP contribution in [-0.2, 0) is 14.3 Å². The van der Waals surface area contributed by atoms with E-state index in [2.05, 4.69) is 11.9 Å². The van der Waals surface area contributed by atoms with Crippen molar-refractivity contribution in [3.05, 3.63) is 57.9 Å². The van der Waals surface area contributed by atoms with Gasteiger partial charge >= 0.3 is 11.9 Å². The summed E-state index contributed by atoms with van der Waals surface area (Å²) in [6, 6.07) is 6.73. The van der Waals surface area contributed by atoms with Crippen LogP contribution in [0.25, 0.3) is 0 Å². The fourth-order valence-corrected chi connectivity index (χ4v) is 3.61. The molecule has 0 aliphatic heterocycles. The first-order chi connectivity index (χ1) is 13.9. The van der Waals surface area contributed by atoms with Crippen molar-refractivity contribution in [2.75, 3.05) is 25.1 Å². The third-order valence-electron chi connectivity index (χ3n) is 3.59. The zero-order valence-electron chi connectivity index (χ0n) is 16.0. The number of hydrogen-bond acceptors (Lipinski definition) is 7. The first-order valence-electron chi connectivity index (χ1n) is 8.64. The van der Waals surface area contributed by atoms with Gasteiger partial charge in [-0.15, -0.1) is 11.3 Å². The lowest BCUT2D eigenvalue weighted by atomic mass is 10.1. The summed E-state index contributed by atoms with van der Waals surface area (Å²) in [7, 11) is 0. The van der Waals surface area contributed by atoms with Crippen LogP contribution >= 0.6 is 22.9 Å². The fraction of sp³-hybridized carbons (Fsp3) is 0.250. The zero-order valence-corrected chi connectivity index (χ0v) is 17.5. The molecule has 9 heteroatoms. The van der Waals surface area contributed by atoms with Crippen molar-refractivity contribution >= 4 is 45.8 Å². The lowest BCUT2D eigenvalue weighted by molar-refractivity contribution is -0.118. The molecule has 1 amide bonds. The van der Waals surface area contributed by atoms with E-state index in [1.165, 1.54) is 6.08 Å². The van der Waals surface area contributed by atoms with Crippen LogP contribution in [0.1, 0.15) is 32.5 Å². The maximum Gasteiger partial charge on any atom is 0.348 e. The van der Waals surface area contributed by atoms with E-state index in [9.17, 15) is 14.4 Å². The predicted molar refractivity (Wildman–Crippen MR) is 111 cm³/mol. The van der Waals surface area contributed by atoms with Gasteiger partial charge in [-0.25, -0.2) is 9.59 Å². The molecular weight excluding hydrogens is 418 g/mol. The average Bonchev–Trinajstić information content (AvgIpc) is 3.01. The topological polar surface area (TPSA) is 90.9 Å². The van der Waals surface area contributed by atoms with Crippen molar-refractivity contribution in [1.82, 2.24) is 0 Å². The zero-order chi connectivity index (χ0) is 21.4. The summed E-state index contributed by atoms with van der Waals surface area (Å²) in [6.45, 7) is 6.57. The number of amides is 1. The second kappa shape index (κ2) is 10.6. The van der Waals surface area contributed by atoms with Crippen LogP contribution in [0, 0.1) is 6.92 Å². The minimum Gasteiger partial charge on any atom is -0.482 e. The maximum atomic E-state index is 12.4. The van der Waals surface area contributed by atoms with Gasteiger partial charge in [0.15, 0.2) is 6.61 Å². The van der Waals surface area contributed by atoms with E-state index < -0.39 is 17.8 Å². The van der Waals surface area contributed by atoms with Gasteiger partial charge in [-0.1, -0.05) is 36.4 Å². The number of benzene rings is 1. The van der Waals surface area contributed by atoms with E-state index in [4.69, 9.17) is 25.8 Å². The Morgan fingerprint density at radius 2 is 1.93 bits per heavy atom. The van der Waals surface area contributed by atoms with Crippen molar-refractivity contribution in [2.24, 2.45) is 0 Å².